The summed E-state index contributed by atoms with van der Waals surface area (Å²) in [6.45, 7) is 0. The fourth-order valence-corrected chi connectivity index (χ4v) is 3.95. The van der Waals surface area contributed by atoms with E-state index in [1.54, 1.807) is 7.11 Å². The van der Waals surface area contributed by atoms with Gasteiger partial charge in [0.2, 0.25) is 5.91 Å². The lowest BCUT2D eigenvalue weighted by Crippen LogP contribution is -2.15. The zero-order valence-electron chi connectivity index (χ0n) is 17.9. The van der Waals surface area contributed by atoms with Gasteiger partial charge in [-0.05, 0) is 54.6 Å². The highest BCUT2D eigenvalue weighted by Crippen LogP contribution is 2.31. The maximum absolute atomic E-state index is 12.9. The number of halogens is 3. The molecular weight excluding hydrogens is 465 g/mol. The van der Waals surface area contributed by atoms with Crippen LogP contribution in [0.15, 0.2) is 84.0 Å². The summed E-state index contributed by atoms with van der Waals surface area (Å²) in [7, 11) is 1.58. The Balaban J connectivity index is 1.55. The van der Waals surface area contributed by atoms with Crippen LogP contribution in [-0.4, -0.2) is 33.5 Å². The Labute approximate surface area is 197 Å². The van der Waals surface area contributed by atoms with E-state index in [1.807, 2.05) is 59.2 Å². The molecule has 4 aromatic rings. The van der Waals surface area contributed by atoms with Crippen molar-refractivity contribution in [2.75, 3.05) is 18.2 Å². The molecule has 0 bridgehead atoms. The number of ether oxygens (including phenoxy) is 1. The van der Waals surface area contributed by atoms with Crippen LogP contribution in [0.1, 0.15) is 5.56 Å². The van der Waals surface area contributed by atoms with Gasteiger partial charge in [0.05, 0.1) is 18.4 Å². The van der Waals surface area contributed by atoms with E-state index >= 15 is 0 Å². The second kappa shape index (κ2) is 10.0. The summed E-state index contributed by atoms with van der Waals surface area (Å²) >= 11 is 1.13. The van der Waals surface area contributed by atoms with E-state index in [0.29, 0.717) is 16.7 Å². The molecule has 1 aromatic heterocycles. The summed E-state index contributed by atoms with van der Waals surface area (Å²) in [5.41, 5.74) is 0.853. The van der Waals surface area contributed by atoms with Crippen molar-refractivity contribution in [1.29, 1.82) is 0 Å². The molecule has 0 atom stereocenters. The van der Waals surface area contributed by atoms with Gasteiger partial charge in [-0.2, -0.15) is 13.2 Å². The molecule has 10 heteroatoms. The van der Waals surface area contributed by atoms with Gasteiger partial charge in [0.1, 0.15) is 5.75 Å². The van der Waals surface area contributed by atoms with E-state index in [-0.39, 0.29) is 11.4 Å². The minimum absolute atomic E-state index is 0.0656. The fraction of sp³-hybridized carbons (Fsp3) is 0.125. The Morgan fingerprint density at radius 3 is 2.41 bits per heavy atom. The number of hydrogen-bond acceptors (Lipinski definition) is 5. The highest BCUT2D eigenvalue weighted by Gasteiger charge is 2.30. The van der Waals surface area contributed by atoms with Gasteiger partial charge >= 0.3 is 6.18 Å². The van der Waals surface area contributed by atoms with E-state index in [9.17, 15) is 18.0 Å². The van der Waals surface area contributed by atoms with Gasteiger partial charge in [-0.3, -0.25) is 9.36 Å². The zero-order chi connectivity index (χ0) is 24.1. The van der Waals surface area contributed by atoms with Gasteiger partial charge in [0.15, 0.2) is 11.0 Å². The van der Waals surface area contributed by atoms with Gasteiger partial charge in [-0.1, -0.05) is 36.0 Å². The smallest absolute Gasteiger partial charge is 0.416 e. The van der Waals surface area contributed by atoms with Crippen LogP contribution in [0, 0.1) is 0 Å². The summed E-state index contributed by atoms with van der Waals surface area (Å²) < 4.78 is 45.8. The van der Waals surface area contributed by atoms with E-state index < -0.39 is 17.6 Å². The quantitative estimate of drug-likeness (QED) is 0.341. The standard InChI is InChI=1S/C24H19F3N4O2S/c1-33-20-12-10-16(11-13-20)22-29-30-23(31(22)19-8-3-2-4-9-19)34-15-21(32)28-18-7-5-6-17(14-18)24(25,26)27/h2-14H,15H2,1H3,(H,28,32). The molecule has 1 amide bonds. The number of aromatic nitrogens is 3. The van der Waals surface area contributed by atoms with Crippen molar-refractivity contribution in [3.63, 3.8) is 0 Å². The molecule has 3 aromatic carbocycles. The molecule has 0 aliphatic rings. The maximum atomic E-state index is 12.9. The predicted molar refractivity (Wildman–Crippen MR) is 124 cm³/mol. The Morgan fingerprint density at radius 1 is 1.00 bits per heavy atom. The number of alkyl halides is 3. The van der Waals surface area contributed by atoms with Crippen LogP contribution in [0.25, 0.3) is 17.1 Å². The molecule has 0 unspecified atom stereocenters. The average Bonchev–Trinajstić information content (AvgIpc) is 3.27. The molecule has 0 fully saturated rings. The second-order valence-electron chi connectivity index (χ2n) is 7.12. The Morgan fingerprint density at radius 2 is 1.74 bits per heavy atom. The molecule has 34 heavy (non-hydrogen) atoms. The van der Waals surface area contributed by atoms with E-state index in [4.69, 9.17) is 4.74 Å². The third-order valence-corrected chi connectivity index (χ3v) is 5.73. The van der Waals surface area contributed by atoms with Crippen LogP contribution < -0.4 is 10.1 Å². The molecule has 4 rings (SSSR count). The first kappa shape index (κ1) is 23.4. The molecule has 0 aliphatic carbocycles. The molecule has 0 radical (unpaired) electrons. The number of hydrogen-bond donors (Lipinski definition) is 1. The maximum Gasteiger partial charge on any atom is 0.416 e. The number of thioether (sulfide) groups is 1. The number of nitrogens with one attached hydrogen (secondary N) is 1. The fourth-order valence-electron chi connectivity index (χ4n) is 3.20. The number of nitrogens with zero attached hydrogens (tertiary/aromatic N) is 3. The summed E-state index contributed by atoms with van der Waals surface area (Å²) in [6.07, 6.45) is -4.49. The summed E-state index contributed by atoms with van der Waals surface area (Å²) in [6, 6.07) is 21.3. The largest absolute Gasteiger partial charge is 0.497 e. The average molecular weight is 485 g/mol. The molecule has 0 spiro atoms. The van der Waals surface area contributed by atoms with E-state index in [0.717, 1.165) is 35.1 Å². The second-order valence-corrected chi connectivity index (χ2v) is 8.06. The van der Waals surface area contributed by atoms with Crippen molar-refractivity contribution < 1.29 is 22.7 Å². The number of methoxy groups -OCH3 is 1. The van der Waals surface area contributed by atoms with Crippen molar-refractivity contribution in [2.45, 2.75) is 11.3 Å². The van der Waals surface area contributed by atoms with Crippen molar-refractivity contribution >= 4 is 23.4 Å². The SMILES string of the molecule is COc1ccc(-c2nnc(SCC(=O)Nc3cccc(C(F)(F)F)c3)n2-c2ccccc2)cc1. The monoisotopic (exact) mass is 484 g/mol. The van der Waals surface area contributed by atoms with Crippen molar-refractivity contribution in [3.8, 4) is 22.8 Å². The molecule has 6 nitrogen and oxygen atoms in total. The zero-order valence-corrected chi connectivity index (χ0v) is 18.7. The lowest BCUT2D eigenvalue weighted by atomic mass is 10.2. The topological polar surface area (TPSA) is 69.0 Å². The molecule has 0 aliphatic heterocycles. The third-order valence-electron chi connectivity index (χ3n) is 4.80. The first-order chi connectivity index (χ1) is 16.3. The van der Waals surface area contributed by atoms with Crippen LogP contribution in [0.4, 0.5) is 18.9 Å². The van der Waals surface area contributed by atoms with Gasteiger partial charge < -0.3 is 10.1 Å². The Bertz CT molecular complexity index is 1280. The Hall–Kier alpha value is -3.79. The van der Waals surface area contributed by atoms with Crippen LogP contribution in [0.3, 0.4) is 0 Å². The van der Waals surface area contributed by atoms with Gasteiger partial charge in [0, 0.05) is 16.9 Å². The van der Waals surface area contributed by atoms with Crippen molar-refractivity contribution in [3.05, 3.63) is 84.4 Å². The molecule has 174 valence electrons. The number of rotatable bonds is 7. The molecule has 1 heterocycles. The van der Waals surface area contributed by atoms with Crippen molar-refractivity contribution in [1.82, 2.24) is 14.8 Å². The highest BCUT2D eigenvalue weighted by atomic mass is 32.2. The number of carbonyl (C=O) groups is 1. The van der Waals surface area contributed by atoms with Crippen LogP contribution in [0.2, 0.25) is 0 Å². The lowest BCUT2D eigenvalue weighted by molar-refractivity contribution is -0.137. The predicted octanol–water partition coefficient (Wildman–Crippen LogP) is 5.69. The number of benzene rings is 3. The minimum Gasteiger partial charge on any atom is -0.497 e. The van der Waals surface area contributed by atoms with E-state index in [2.05, 4.69) is 15.5 Å². The van der Waals surface area contributed by atoms with Gasteiger partial charge in [0.25, 0.3) is 0 Å². The Kier molecular flexibility index (Phi) is 6.87. The van der Waals surface area contributed by atoms with Crippen molar-refractivity contribution in [2.24, 2.45) is 0 Å². The van der Waals surface area contributed by atoms with Crippen LogP contribution in [-0.2, 0) is 11.0 Å². The summed E-state index contributed by atoms with van der Waals surface area (Å²) in [5, 5.41) is 11.5. The molecule has 1 N–H and O–H groups in total. The number of para-hydroxylation sites is 1. The van der Waals surface area contributed by atoms with E-state index in [1.165, 1.54) is 12.1 Å². The number of amides is 1. The summed E-state index contributed by atoms with van der Waals surface area (Å²) in [4.78, 5) is 12.5. The molecular formula is C24H19F3N4O2S. The summed E-state index contributed by atoms with van der Waals surface area (Å²) in [5.74, 6) is 0.757. The van der Waals surface area contributed by atoms with Gasteiger partial charge in [-0.25, -0.2) is 0 Å². The molecule has 0 saturated carbocycles. The first-order valence-electron chi connectivity index (χ1n) is 10.1. The normalized spacial score (nSPS) is 11.3. The van der Waals surface area contributed by atoms with Crippen LogP contribution in [0.5, 0.6) is 5.75 Å². The first-order valence-corrected chi connectivity index (χ1v) is 11.1. The van der Waals surface area contributed by atoms with Crippen LogP contribution >= 0.6 is 11.8 Å². The number of carbonyl (C=O) groups excluding carboxylic acids is 1. The highest BCUT2D eigenvalue weighted by molar-refractivity contribution is 7.99. The number of anilines is 1. The molecule has 0 saturated heterocycles. The third kappa shape index (κ3) is 5.40. The van der Waals surface area contributed by atoms with Gasteiger partial charge in [-0.15, -0.1) is 10.2 Å². The lowest BCUT2D eigenvalue weighted by Gasteiger charge is -2.11. The minimum atomic E-state index is -4.49.